The van der Waals surface area contributed by atoms with Crippen LogP contribution in [0.1, 0.15) is 32.6 Å². The van der Waals surface area contributed by atoms with Gasteiger partial charge in [-0.3, -0.25) is 29.0 Å². The summed E-state index contributed by atoms with van der Waals surface area (Å²) in [7, 11) is 0. The zero-order valence-electron chi connectivity index (χ0n) is 16.9. The molecule has 6 nitrogen and oxygen atoms in total. The first-order valence-electron chi connectivity index (χ1n) is 11.0. The first-order chi connectivity index (χ1) is 14.5. The summed E-state index contributed by atoms with van der Waals surface area (Å²) in [6, 6.07) is 6.75. The highest BCUT2D eigenvalue weighted by molar-refractivity contribution is 6.24. The van der Waals surface area contributed by atoms with Crippen molar-refractivity contribution in [2.24, 2.45) is 41.4 Å². The minimum absolute atomic E-state index is 0.0408. The lowest BCUT2D eigenvalue weighted by Gasteiger charge is -2.22. The van der Waals surface area contributed by atoms with Crippen molar-refractivity contribution in [2.75, 3.05) is 9.80 Å². The van der Waals surface area contributed by atoms with Gasteiger partial charge in [0.15, 0.2) is 0 Å². The third-order valence-corrected chi connectivity index (χ3v) is 8.17. The molecule has 0 unspecified atom stereocenters. The van der Waals surface area contributed by atoms with Gasteiger partial charge in [-0.05, 0) is 67.7 Å². The zero-order valence-corrected chi connectivity index (χ0v) is 16.9. The number of amides is 4. The van der Waals surface area contributed by atoms with E-state index in [1.165, 1.54) is 9.80 Å². The lowest BCUT2D eigenvalue weighted by Crippen LogP contribution is -2.33. The summed E-state index contributed by atoms with van der Waals surface area (Å²) in [4.78, 5) is 54.5. The molecular formula is C24H24N2O4. The molecule has 2 saturated heterocycles. The van der Waals surface area contributed by atoms with E-state index in [1.807, 2.05) is 19.1 Å². The SMILES string of the molecule is C[C@@H]1C=CC[C@@H]2C(=O)N(c3ccc(N4C(=O)[C@@H]5[C@H]6CC[C@@H](C6)[C@H]5C4=O)cc3)C(=O)[C@@H]12. The van der Waals surface area contributed by atoms with Crippen LogP contribution in [-0.4, -0.2) is 23.6 Å². The fourth-order valence-electron chi connectivity index (χ4n) is 6.82. The Balaban J connectivity index is 1.28. The Kier molecular flexibility index (Phi) is 3.68. The molecule has 2 bridgehead atoms. The standard InChI is InChI=1S/C24H24N2O4/c1-12-3-2-4-17-18(12)22(28)25(21(17)27)15-7-9-16(10-8-15)26-23(29)19-13-5-6-14(11-13)20(19)24(26)30/h2-3,7-10,12-14,17-20H,4-6,11H2,1H3/t12-,13+,14+,17+,18+,19-,20-/m1/s1. The molecule has 0 radical (unpaired) electrons. The summed E-state index contributed by atoms with van der Waals surface area (Å²) in [6.07, 6.45) is 7.69. The number of carbonyl (C=O) groups excluding carboxylic acids is 4. The maximum absolute atomic E-state index is 13.0. The van der Waals surface area contributed by atoms with E-state index in [0.29, 0.717) is 29.6 Å². The van der Waals surface area contributed by atoms with Gasteiger partial charge >= 0.3 is 0 Å². The van der Waals surface area contributed by atoms with Crippen LogP contribution in [-0.2, 0) is 19.2 Å². The fraction of sp³-hybridized carbons (Fsp3) is 0.500. The second-order valence-electron chi connectivity index (χ2n) is 9.58. The Morgan fingerprint density at radius 3 is 1.77 bits per heavy atom. The van der Waals surface area contributed by atoms with Crippen LogP contribution in [0.3, 0.4) is 0 Å². The summed E-state index contributed by atoms with van der Waals surface area (Å²) in [6.45, 7) is 1.97. The van der Waals surface area contributed by atoms with Crippen molar-refractivity contribution in [3.05, 3.63) is 36.4 Å². The molecule has 154 valence electrons. The van der Waals surface area contributed by atoms with E-state index in [-0.39, 0.29) is 53.2 Å². The molecule has 6 heteroatoms. The van der Waals surface area contributed by atoms with Crippen LogP contribution < -0.4 is 9.80 Å². The van der Waals surface area contributed by atoms with Gasteiger partial charge in [0.2, 0.25) is 23.6 Å². The molecule has 2 heterocycles. The van der Waals surface area contributed by atoms with Crippen LogP contribution in [0.25, 0.3) is 0 Å². The molecule has 0 aromatic heterocycles. The van der Waals surface area contributed by atoms with Crippen LogP contribution in [0.5, 0.6) is 0 Å². The number of benzene rings is 1. The lowest BCUT2D eigenvalue weighted by molar-refractivity contribution is -0.124. The minimum atomic E-state index is -0.307. The molecule has 7 atom stereocenters. The first kappa shape index (κ1) is 18.0. The zero-order chi connectivity index (χ0) is 20.7. The molecule has 5 aliphatic rings. The van der Waals surface area contributed by atoms with Gasteiger partial charge in [-0.25, -0.2) is 0 Å². The fourth-order valence-corrected chi connectivity index (χ4v) is 6.82. The van der Waals surface area contributed by atoms with Crippen molar-refractivity contribution < 1.29 is 19.2 Å². The molecule has 0 spiro atoms. The molecule has 1 aromatic rings. The van der Waals surface area contributed by atoms with E-state index in [0.717, 1.165) is 19.3 Å². The molecule has 2 saturated carbocycles. The van der Waals surface area contributed by atoms with Crippen molar-refractivity contribution in [2.45, 2.75) is 32.6 Å². The molecule has 3 aliphatic carbocycles. The van der Waals surface area contributed by atoms with Crippen LogP contribution in [0.4, 0.5) is 11.4 Å². The van der Waals surface area contributed by atoms with Gasteiger partial charge in [0, 0.05) is 0 Å². The van der Waals surface area contributed by atoms with Gasteiger partial charge in [0.05, 0.1) is 35.0 Å². The van der Waals surface area contributed by atoms with E-state index in [9.17, 15) is 19.2 Å². The number of anilines is 2. The summed E-state index contributed by atoms with van der Waals surface area (Å²) < 4.78 is 0. The molecule has 0 N–H and O–H groups in total. The molecule has 4 amide bonds. The second-order valence-corrected chi connectivity index (χ2v) is 9.58. The van der Waals surface area contributed by atoms with Gasteiger partial charge in [0.25, 0.3) is 0 Å². The number of imide groups is 2. The molecule has 4 fully saturated rings. The van der Waals surface area contributed by atoms with Crippen LogP contribution in [0.15, 0.2) is 36.4 Å². The van der Waals surface area contributed by atoms with Crippen molar-refractivity contribution in [1.29, 1.82) is 0 Å². The van der Waals surface area contributed by atoms with Gasteiger partial charge in [-0.2, -0.15) is 0 Å². The highest BCUT2D eigenvalue weighted by Gasteiger charge is 2.61. The van der Waals surface area contributed by atoms with Crippen molar-refractivity contribution in [3.63, 3.8) is 0 Å². The number of fused-ring (bicyclic) bond motifs is 6. The van der Waals surface area contributed by atoms with Gasteiger partial charge < -0.3 is 0 Å². The Bertz CT molecular complexity index is 964. The van der Waals surface area contributed by atoms with E-state index < -0.39 is 0 Å². The highest BCUT2D eigenvalue weighted by atomic mass is 16.2. The molecular weight excluding hydrogens is 380 g/mol. The Hall–Kier alpha value is -2.76. The van der Waals surface area contributed by atoms with Gasteiger partial charge in [-0.15, -0.1) is 0 Å². The maximum Gasteiger partial charge on any atom is 0.238 e. The first-order valence-corrected chi connectivity index (χ1v) is 11.0. The summed E-state index contributed by atoms with van der Waals surface area (Å²) in [5.74, 6) is -0.661. The number of rotatable bonds is 2. The Labute approximate surface area is 174 Å². The quantitative estimate of drug-likeness (QED) is 0.561. The number of allylic oxidation sites excluding steroid dienone is 2. The number of nitrogens with zero attached hydrogens (tertiary/aromatic N) is 2. The predicted molar refractivity (Wildman–Crippen MR) is 109 cm³/mol. The van der Waals surface area contributed by atoms with Crippen LogP contribution >= 0.6 is 0 Å². The van der Waals surface area contributed by atoms with E-state index >= 15 is 0 Å². The Morgan fingerprint density at radius 2 is 1.23 bits per heavy atom. The van der Waals surface area contributed by atoms with Gasteiger partial charge in [-0.1, -0.05) is 19.1 Å². The largest absolute Gasteiger partial charge is 0.274 e. The average Bonchev–Trinajstić information content (AvgIpc) is 3.47. The summed E-state index contributed by atoms with van der Waals surface area (Å²) >= 11 is 0. The van der Waals surface area contributed by atoms with Crippen molar-refractivity contribution in [3.8, 4) is 0 Å². The van der Waals surface area contributed by atoms with E-state index in [4.69, 9.17) is 0 Å². The average molecular weight is 404 g/mol. The lowest BCUT2D eigenvalue weighted by atomic mass is 9.78. The molecule has 1 aromatic carbocycles. The molecule has 2 aliphatic heterocycles. The monoisotopic (exact) mass is 404 g/mol. The normalized spacial score (nSPS) is 39.3. The third-order valence-electron chi connectivity index (χ3n) is 8.17. The van der Waals surface area contributed by atoms with Crippen molar-refractivity contribution >= 4 is 35.0 Å². The second kappa shape index (κ2) is 6.13. The number of carbonyl (C=O) groups is 4. The van der Waals surface area contributed by atoms with E-state index in [2.05, 4.69) is 0 Å². The minimum Gasteiger partial charge on any atom is -0.274 e. The maximum atomic E-state index is 13.0. The summed E-state index contributed by atoms with van der Waals surface area (Å²) in [5, 5.41) is 0. The van der Waals surface area contributed by atoms with Gasteiger partial charge in [0.1, 0.15) is 0 Å². The smallest absolute Gasteiger partial charge is 0.238 e. The highest BCUT2D eigenvalue weighted by Crippen LogP contribution is 2.56. The van der Waals surface area contributed by atoms with Crippen molar-refractivity contribution in [1.82, 2.24) is 0 Å². The Morgan fingerprint density at radius 1 is 0.733 bits per heavy atom. The van der Waals surface area contributed by atoms with Crippen LogP contribution in [0.2, 0.25) is 0 Å². The van der Waals surface area contributed by atoms with E-state index in [1.54, 1.807) is 24.3 Å². The third kappa shape index (κ3) is 2.19. The predicted octanol–water partition coefficient (Wildman–Crippen LogP) is 2.92. The molecule has 6 rings (SSSR count). The number of hydrogen-bond donors (Lipinski definition) is 0. The number of hydrogen-bond acceptors (Lipinski definition) is 4. The summed E-state index contributed by atoms with van der Waals surface area (Å²) in [5.41, 5.74) is 1.05. The topological polar surface area (TPSA) is 74.8 Å². The van der Waals surface area contributed by atoms with Crippen LogP contribution in [0, 0.1) is 41.4 Å². The molecule has 30 heavy (non-hydrogen) atoms.